The molecule has 1 fully saturated rings. The number of fused-ring (bicyclic) bond motifs is 1. The van der Waals surface area contributed by atoms with E-state index in [2.05, 4.69) is 11.6 Å². The summed E-state index contributed by atoms with van der Waals surface area (Å²) in [4.78, 5) is 31.6. The van der Waals surface area contributed by atoms with E-state index in [1.54, 1.807) is 11.8 Å². The highest BCUT2D eigenvalue weighted by Gasteiger charge is 2.46. The number of hydrogen-bond donors (Lipinski definition) is 0. The van der Waals surface area contributed by atoms with E-state index in [1.165, 1.54) is 17.8 Å². The fourth-order valence-corrected chi connectivity index (χ4v) is 4.13. The van der Waals surface area contributed by atoms with Crippen molar-refractivity contribution >= 4 is 28.8 Å². The van der Waals surface area contributed by atoms with Crippen LogP contribution in [0.3, 0.4) is 0 Å². The maximum absolute atomic E-state index is 12.8. The van der Waals surface area contributed by atoms with Gasteiger partial charge in [0.25, 0.3) is 0 Å². The molecule has 1 amide bonds. The van der Waals surface area contributed by atoms with E-state index in [4.69, 9.17) is 9.47 Å². The highest BCUT2D eigenvalue weighted by Crippen LogP contribution is 2.43. The molecule has 7 heteroatoms. The van der Waals surface area contributed by atoms with Crippen molar-refractivity contribution in [2.24, 2.45) is 4.99 Å². The summed E-state index contributed by atoms with van der Waals surface area (Å²) in [5, 5.41) is 0.370. The molecule has 0 radical (unpaired) electrons. The maximum Gasteiger partial charge on any atom is 0.338 e. The number of amides is 1. The zero-order chi connectivity index (χ0) is 19.6. The molecular formula is C20H22N2O4S. The molecule has 0 N–H and O–H groups in total. The van der Waals surface area contributed by atoms with Crippen molar-refractivity contribution in [1.29, 1.82) is 0 Å². The van der Waals surface area contributed by atoms with Gasteiger partial charge in [-0.3, -0.25) is 9.69 Å². The summed E-state index contributed by atoms with van der Waals surface area (Å²) in [7, 11) is 0. The van der Waals surface area contributed by atoms with Crippen LogP contribution in [0.25, 0.3) is 0 Å². The Morgan fingerprint density at radius 1 is 1.37 bits per heavy atom. The number of aliphatic imine (C=N–C) groups is 1. The quantitative estimate of drug-likeness (QED) is 0.553. The van der Waals surface area contributed by atoms with Gasteiger partial charge in [-0.1, -0.05) is 36.5 Å². The van der Waals surface area contributed by atoms with Gasteiger partial charge in [-0.25, -0.2) is 9.79 Å². The Labute approximate surface area is 162 Å². The van der Waals surface area contributed by atoms with Crippen molar-refractivity contribution in [3.63, 3.8) is 0 Å². The molecule has 2 aliphatic heterocycles. The standard InChI is InChI=1S/C20H22N2O4S/c1-5-11-26-19(24)16-12(3)21-20-22(18(23)13(4)27-20)17(16)14-7-9-15(10-8-14)25-6-2/h5,7-10,13,17H,1,6,11H2,2-4H3/t13-,17-/m0/s1. The molecule has 1 aromatic carbocycles. The Morgan fingerprint density at radius 3 is 2.70 bits per heavy atom. The number of carbonyl (C=O) groups excluding carboxylic acids is 2. The third-order valence-corrected chi connectivity index (χ3v) is 5.37. The van der Waals surface area contributed by atoms with E-state index < -0.39 is 12.0 Å². The van der Waals surface area contributed by atoms with E-state index in [0.29, 0.717) is 23.0 Å². The van der Waals surface area contributed by atoms with Crippen molar-refractivity contribution in [2.45, 2.75) is 32.1 Å². The van der Waals surface area contributed by atoms with Gasteiger partial charge in [0.05, 0.1) is 29.2 Å². The number of nitrogens with zero attached hydrogens (tertiary/aromatic N) is 2. The lowest BCUT2D eigenvalue weighted by molar-refractivity contribution is -0.139. The summed E-state index contributed by atoms with van der Waals surface area (Å²) >= 11 is 1.40. The van der Waals surface area contributed by atoms with E-state index >= 15 is 0 Å². The monoisotopic (exact) mass is 386 g/mol. The first-order valence-corrected chi connectivity index (χ1v) is 9.65. The van der Waals surface area contributed by atoms with Crippen LogP contribution in [-0.4, -0.2) is 40.4 Å². The number of allylic oxidation sites excluding steroid dienone is 1. The van der Waals surface area contributed by atoms with Crippen LogP contribution in [0, 0.1) is 0 Å². The van der Waals surface area contributed by atoms with Crippen LogP contribution in [0.15, 0.2) is 53.2 Å². The second kappa shape index (κ2) is 8.00. The van der Waals surface area contributed by atoms with Gasteiger partial charge < -0.3 is 9.47 Å². The molecule has 3 rings (SSSR count). The summed E-state index contributed by atoms with van der Waals surface area (Å²) in [6.45, 7) is 9.76. The van der Waals surface area contributed by atoms with Crippen LogP contribution < -0.4 is 4.74 Å². The van der Waals surface area contributed by atoms with E-state index in [9.17, 15) is 9.59 Å². The summed E-state index contributed by atoms with van der Waals surface area (Å²) in [6.07, 6.45) is 1.51. The molecule has 1 saturated heterocycles. The molecule has 0 saturated carbocycles. The lowest BCUT2D eigenvalue weighted by Gasteiger charge is -2.33. The number of rotatable bonds is 6. The fourth-order valence-electron chi connectivity index (χ4n) is 3.10. The minimum atomic E-state index is -0.574. The first-order valence-electron chi connectivity index (χ1n) is 8.77. The number of benzene rings is 1. The molecule has 0 bridgehead atoms. The van der Waals surface area contributed by atoms with Crippen LogP contribution in [0.1, 0.15) is 32.4 Å². The zero-order valence-electron chi connectivity index (χ0n) is 15.6. The molecule has 0 aromatic heterocycles. The Hall–Kier alpha value is -2.54. The number of amidine groups is 1. The van der Waals surface area contributed by atoms with Gasteiger partial charge in [0.15, 0.2) is 5.17 Å². The molecule has 6 nitrogen and oxygen atoms in total. The molecule has 2 aliphatic rings. The molecule has 0 spiro atoms. The fraction of sp³-hybridized carbons (Fsp3) is 0.350. The van der Waals surface area contributed by atoms with Crippen LogP contribution >= 0.6 is 11.8 Å². The molecule has 0 unspecified atom stereocenters. The van der Waals surface area contributed by atoms with Crippen molar-refractivity contribution in [2.75, 3.05) is 13.2 Å². The van der Waals surface area contributed by atoms with Crippen molar-refractivity contribution in [3.8, 4) is 5.75 Å². The molecule has 1 aromatic rings. The van der Waals surface area contributed by atoms with Crippen molar-refractivity contribution in [3.05, 3.63) is 53.8 Å². The molecule has 142 valence electrons. The number of thioether (sulfide) groups is 1. The zero-order valence-corrected chi connectivity index (χ0v) is 16.4. The van der Waals surface area contributed by atoms with Gasteiger partial charge in [0.1, 0.15) is 12.4 Å². The largest absolute Gasteiger partial charge is 0.494 e. The Balaban J connectivity index is 2.06. The van der Waals surface area contributed by atoms with Crippen LogP contribution in [0.2, 0.25) is 0 Å². The lowest BCUT2D eigenvalue weighted by Crippen LogP contribution is -2.40. The summed E-state index contributed by atoms with van der Waals surface area (Å²) < 4.78 is 10.8. The first kappa shape index (κ1) is 19.2. The van der Waals surface area contributed by atoms with Gasteiger partial charge in [0.2, 0.25) is 5.91 Å². The second-order valence-corrected chi connectivity index (χ2v) is 7.46. The van der Waals surface area contributed by atoms with Gasteiger partial charge in [-0.15, -0.1) is 0 Å². The maximum atomic E-state index is 12.8. The third-order valence-electron chi connectivity index (χ3n) is 4.32. The summed E-state index contributed by atoms with van der Waals surface area (Å²) in [5.74, 6) is 0.170. The molecule has 0 aliphatic carbocycles. The molecule has 27 heavy (non-hydrogen) atoms. The SMILES string of the molecule is C=CCOC(=O)C1=C(C)N=C2S[C@@H](C)C(=O)N2[C@H]1c1ccc(OCC)cc1. The molecule has 2 heterocycles. The predicted molar refractivity (Wildman–Crippen MR) is 106 cm³/mol. The number of esters is 1. The highest BCUT2D eigenvalue weighted by atomic mass is 32.2. The van der Waals surface area contributed by atoms with Gasteiger partial charge in [-0.2, -0.15) is 0 Å². The Kier molecular flexibility index (Phi) is 5.70. The van der Waals surface area contributed by atoms with Gasteiger partial charge in [0, 0.05) is 0 Å². The summed E-state index contributed by atoms with van der Waals surface area (Å²) in [5.41, 5.74) is 1.73. The highest BCUT2D eigenvalue weighted by molar-refractivity contribution is 8.15. The van der Waals surface area contributed by atoms with Crippen LogP contribution in [0.4, 0.5) is 0 Å². The first-order chi connectivity index (χ1) is 13.0. The van der Waals surface area contributed by atoms with E-state index in [-0.39, 0.29) is 17.8 Å². The molecule has 2 atom stereocenters. The second-order valence-electron chi connectivity index (χ2n) is 6.15. The van der Waals surface area contributed by atoms with Gasteiger partial charge in [-0.05, 0) is 38.5 Å². The Bertz CT molecular complexity index is 829. The minimum absolute atomic E-state index is 0.0702. The molecular weight excluding hydrogens is 364 g/mol. The third kappa shape index (κ3) is 3.64. The smallest absolute Gasteiger partial charge is 0.338 e. The van der Waals surface area contributed by atoms with Crippen LogP contribution in [0.5, 0.6) is 5.75 Å². The average Bonchev–Trinajstić information content (AvgIpc) is 2.93. The number of hydrogen-bond acceptors (Lipinski definition) is 6. The Morgan fingerprint density at radius 2 is 2.07 bits per heavy atom. The van der Waals surface area contributed by atoms with E-state index in [0.717, 1.165) is 11.3 Å². The normalized spacial score (nSPS) is 21.7. The van der Waals surface area contributed by atoms with E-state index in [1.807, 2.05) is 38.1 Å². The summed E-state index contributed by atoms with van der Waals surface area (Å²) in [6, 6.07) is 6.84. The van der Waals surface area contributed by atoms with Crippen molar-refractivity contribution < 1.29 is 19.1 Å². The average molecular weight is 386 g/mol. The predicted octanol–water partition coefficient (Wildman–Crippen LogP) is 3.46. The minimum Gasteiger partial charge on any atom is -0.494 e. The van der Waals surface area contributed by atoms with Crippen molar-refractivity contribution in [1.82, 2.24) is 4.90 Å². The topological polar surface area (TPSA) is 68.2 Å². The number of carbonyl (C=O) groups is 2. The lowest BCUT2D eigenvalue weighted by atomic mass is 9.94. The van der Waals surface area contributed by atoms with Gasteiger partial charge >= 0.3 is 5.97 Å². The van der Waals surface area contributed by atoms with Crippen LogP contribution in [-0.2, 0) is 14.3 Å². The number of ether oxygens (including phenoxy) is 2.